The fourth-order valence-electron chi connectivity index (χ4n) is 3.50. The van der Waals surface area contributed by atoms with E-state index in [1.54, 1.807) is 6.07 Å². The second-order valence-corrected chi connectivity index (χ2v) is 8.51. The van der Waals surface area contributed by atoms with Crippen molar-refractivity contribution in [1.82, 2.24) is 5.32 Å². The van der Waals surface area contributed by atoms with Gasteiger partial charge >= 0.3 is 0 Å². The summed E-state index contributed by atoms with van der Waals surface area (Å²) < 4.78 is 40.3. The Bertz CT molecular complexity index is 1050. The summed E-state index contributed by atoms with van der Waals surface area (Å²) in [5, 5.41) is 8.13. The number of sulfonamides is 1. The van der Waals surface area contributed by atoms with E-state index in [2.05, 4.69) is 5.32 Å². The molecule has 2 aromatic rings. The standard InChI is InChI=1S/C20H23N3O6S/c21-30(25,26)15-4-5-17(23-6-8-27-9-7-23)16(12-15)20(24)22-13-14-2-1-3-18-19(14)29-11-10-28-18/h1-5,12H,6-11,13H2,(H,22,24)(H2,21,25,26). The number of rotatable bonds is 5. The Hall–Kier alpha value is -2.82. The second kappa shape index (κ2) is 8.50. The third kappa shape index (κ3) is 4.35. The second-order valence-electron chi connectivity index (χ2n) is 6.95. The minimum atomic E-state index is -3.95. The quantitative estimate of drug-likeness (QED) is 0.718. The molecule has 0 aliphatic carbocycles. The number of ether oxygens (including phenoxy) is 3. The number of benzene rings is 2. The summed E-state index contributed by atoms with van der Waals surface area (Å²) >= 11 is 0. The molecule has 3 N–H and O–H groups in total. The van der Waals surface area contributed by atoms with Crippen molar-refractivity contribution in [3.05, 3.63) is 47.5 Å². The van der Waals surface area contributed by atoms with Gasteiger partial charge in [0.2, 0.25) is 10.0 Å². The van der Waals surface area contributed by atoms with Crippen LogP contribution in [0.25, 0.3) is 0 Å². The number of nitrogens with zero attached hydrogens (tertiary/aromatic N) is 1. The van der Waals surface area contributed by atoms with Gasteiger partial charge in [-0.15, -0.1) is 0 Å². The summed E-state index contributed by atoms with van der Waals surface area (Å²) in [6.07, 6.45) is 0. The number of primary sulfonamides is 1. The average molecular weight is 433 g/mol. The van der Waals surface area contributed by atoms with Gasteiger partial charge in [0, 0.05) is 30.9 Å². The molecule has 2 aromatic carbocycles. The Morgan fingerprint density at radius 1 is 1.07 bits per heavy atom. The summed E-state index contributed by atoms with van der Waals surface area (Å²) in [6.45, 7) is 3.39. The van der Waals surface area contributed by atoms with Gasteiger partial charge < -0.3 is 24.4 Å². The van der Waals surface area contributed by atoms with Crippen LogP contribution in [-0.2, 0) is 21.3 Å². The monoisotopic (exact) mass is 433 g/mol. The first-order valence-electron chi connectivity index (χ1n) is 9.59. The molecule has 4 rings (SSSR count). The Morgan fingerprint density at radius 2 is 1.83 bits per heavy atom. The van der Waals surface area contributed by atoms with E-state index in [4.69, 9.17) is 19.3 Å². The first kappa shape index (κ1) is 20.5. The summed E-state index contributed by atoms with van der Waals surface area (Å²) in [5.74, 6) is 0.838. The minimum Gasteiger partial charge on any atom is -0.486 e. The van der Waals surface area contributed by atoms with E-state index >= 15 is 0 Å². The zero-order chi connectivity index (χ0) is 21.1. The van der Waals surface area contributed by atoms with Crippen LogP contribution in [0.4, 0.5) is 5.69 Å². The van der Waals surface area contributed by atoms with Crippen LogP contribution in [0.1, 0.15) is 15.9 Å². The van der Waals surface area contributed by atoms with Gasteiger partial charge in [-0.25, -0.2) is 13.6 Å². The number of para-hydroxylation sites is 1. The van der Waals surface area contributed by atoms with E-state index in [0.29, 0.717) is 56.7 Å². The van der Waals surface area contributed by atoms with E-state index in [9.17, 15) is 13.2 Å². The molecule has 0 unspecified atom stereocenters. The molecule has 0 aromatic heterocycles. The highest BCUT2D eigenvalue weighted by Crippen LogP contribution is 2.33. The molecule has 9 nitrogen and oxygen atoms in total. The van der Waals surface area contributed by atoms with Gasteiger partial charge in [0.05, 0.1) is 23.7 Å². The van der Waals surface area contributed by atoms with E-state index < -0.39 is 15.9 Å². The average Bonchev–Trinajstić information content (AvgIpc) is 2.77. The fraction of sp³-hybridized carbons (Fsp3) is 0.350. The highest BCUT2D eigenvalue weighted by Gasteiger charge is 2.22. The van der Waals surface area contributed by atoms with Gasteiger partial charge in [-0.05, 0) is 24.3 Å². The van der Waals surface area contributed by atoms with Crippen LogP contribution < -0.4 is 24.8 Å². The highest BCUT2D eigenvalue weighted by molar-refractivity contribution is 7.89. The SMILES string of the molecule is NS(=O)(=O)c1ccc(N2CCOCC2)c(C(=O)NCc2cccc3c2OCCO3)c1. The molecule has 10 heteroatoms. The number of carbonyl (C=O) groups excluding carboxylic acids is 1. The number of anilines is 1. The lowest BCUT2D eigenvalue weighted by Gasteiger charge is -2.30. The van der Waals surface area contributed by atoms with Crippen molar-refractivity contribution < 1.29 is 27.4 Å². The lowest BCUT2D eigenvalue weighted by Crippen LogP contribution is -2.38. The fourth-order valence-corrected chi connectivity index (χ4v) is 4.04. The zero-order valence-corrected chi connectivity index (χ0v) is 17.1. The summed E-state index contributed by atoms with van der Waals surface area (Å²) in [6, 6.07) is 9.83. The van der Waals surface area contributed by atoms with Crippen molar-refractivity contribution in [3.63, 3.8) is 0 Å². The van der Waals surface area contributed by atoms with Crippen molar-refractivity contribution in [1.29, 1.82) is 0 Å². The molecule has 0 saturated carbocycles. The van der Waals surface area contributed by atoms with E-state index in [1.165, 1.54) is 12.1 Å². The summed E-state index contributed by atoms with van der Waals surface area (Å²) in [4.78, 5) is 14.9. The molecule has 30 heavy (non-hydrogen) atoms. The van der Waals surface area contributed by atoms with Gasteiger partial charge in [0.25, 0.3) is 5.91 Å². The van der Waals surface area contributed by atoms with Crippen molar-refractivity contribution >= 4 is 21.6 Å². The number of hydrogen-bond donors (Lipinski definition) is 2. The van der Waals surface area contributed by atoms with Crippen molar-refractivity contribution in [2.45, 2.75) is 11.4 Å². The largest absolute Gasteiger partial charge is 0.486 e. The van der Waals surface area contributed by atoms with Crippen LogP contribution in [0.5, 0.6) is 11.5 Å². The molecule has 0 atom stereocenters. The van der Waals surface area contributed by atoms with Crippen LogP contribution in [0.15, 0.2) is 41.3 Å². The van der Waals surface area contributed by atoms with Gasteiger partial charge in [-0.2, -0.15) is 0 Å². The molecule has 2 heterocycles. The molecule has 1 saturated heterocycles. The summed E-state index contributed by atoms with van der Waals surface area (Å²) in [7, 11) is -3.95. The van der Waals surface area contributed by atoms with Crippen molar-refractivity contribution in [2.75, 3.05) is 44.4 Å². The third-order valence-electron chi connectivity index (χ3n) is 4.98. The normalized spacial score (nSPS) is 16.2. The van der Waals surface area contributed by atoms with Gasteiger partial charge in [-0.1, -0.05) is 12.1 Å². The Kier molecular flexibility index (Phi) is 5.80. The number of hydrogen-bond acceptors (Lipinski definition) is 7. The highest BCUT2D eigenvalue weighted by atomic mass is 32.2. The molecule has 2 aliphatic rings. The predicted molar refractivity (Wildman–Crippen MR) is 109 cm³/mol. The lowest BCUT2D eigenvalue weighted by atomic mass is 10.1. The molecule has 160 valence electrons. The molecule has 1 amide bonds. The molecule has 0 spiro atoms. The minimum absolute atomic E-state index is 0.113. The Morgan fingerprint density at radius 3 is 2.60 bits per heavy atom. The lowest BCUT2D eigenvalue weighted by molar-refractivity contribution is 0.0948. The van der Waals surface area contributed by atoms with Crippen LogP contribution in [0, 0.1) is 0 Å². The zero-order valence-electron chi connectivity index (χ0n) is 16.3. The van der Waals surface area contributed by atoms with Crippen LogP contribution in [0.3, 0.4) is 0 Å². The van der Waals surface area contributed by atoms with Gasteiger partial charge in [0.1, 0.15) is 13.2 Å². The van der Waals surface area contributed by atoms with Gasteiger partial charge in [0.15, 0.2) is 11.5 Å². The molecule has 0 bridgehead atoms. The predicted octanol–water partition coefficient (Wildman–Crippen LogP) is 0.872. The number of carbonyl (C=O) groups is 1. The first-order valence-corrected chi connectivity index (χ1v) is 11.1. The smallest absolute Gasteiger partial charge is 0.253 e. The molecule has 0 radical (unpaired) electrons. The maximum absolute atomic E-state index is 13.1. The molecular formula is C20H23N3O6S. The number of nitrogens with one attached hydrogen (secondary N) is 1. The molecule has 1 fully saturated rings. The van der Waals surface area contributed by atoms with Crippen molar-refractivity contribution in [3.8, 4) is 11.5 Å². The topological polar surface area (TPSA) is 120 Å². The number of morpholine rings is 1. The Balaban J connectivity index is 1.60. The molecule has 2 aliphatic heterocycles. The van der Waals surface area contributed by atoms with Gasteiger partial charge in [-0.3, -0.25) is 4.79 Å². The molecular weight excluding hydrogens is 410 g/mol. The van der Waals surface area contributed by atoms with Crippen LogP contribution >= 0.6 is 0 Å². The van der Waals surface area contributed by atoms with Crippen molar-refractivity contribution in [2.24, 2.45) is 5.14 Å². The number of nitrogens with two attached hydrogens (primary N) is 1. The maximum Gasteiger partial charge on any atom is 0.253 e. The first-order chi connectivity index (χ1) is 14.4. The number of amides is 1. The third-order valence-corrected chi connectivity index (χ3v) is 5.89. The summed E-state index contributed by atoms with van der Waals surface area (Å²) in [5.41, 5.74) is 1.65. The Labute approximate surface area is 174 Å². The van der Waals surface area contributed by atoms with Crippen LogP contribution in [0.2, 0.25) is 0 Å². The van der Waals surface area contributed by atoms with E-state index in [1.807, 2.05) is 23.1 Å². The van der Waals surface area contributed by atoms with E-state index in [0.717, 1.165) is 5.56 Å². The maximum atomic E-state index is 13.1. The van der Waals surface area contributed by atoms with Crippen LogP contribution in [-0.4, -0.2) is 53.8 Å². The van der Waals surface area contributed by atoms with E-state index in [-0.39, 0.29) is 17.0 Å². The number of fused-ring (bicyclic) bond motifs is 1.